The molecule has 0 aromatic rings. The van der Waals surface area contributed by atoms with Crippen molar-refractivity contribution in [3.05, 3.63) is 59.8 Å². The number of carbonyl (C=O) groups is 2. The second-order valence-electron chi connectivity index (χ2n) is 12.7. The Morgan fingerprint density at radius 1 is 1.26 bits per heavy atom. The zero-order valence-corrected chi connectivity index (χ0v) is 23.1. The van der Waals surface area contributed by atoms with Crippen LogP contribution in [0.2, 0.25) is 0 Å². The van der Waals surface area contributed by atoms with Crippen molar-refractivity contribution in [1.82, 2.24) is 5.06 Å². The van der Waals surface area contributed by atoms with E-state index in [1.165, 1.54) is 18.2 Å². The van der Waals surface area contributed by atoms with Gasteiger partial charge in [-0.1, -0.05) is 49.0 Å². The molecular weight excluding hydrogens is 504 g/mol. The van der Waals surface area contributed by atoms with E-state index >= 15 is 8.78 Å². The summed E-state index contributed by atoms with van der Waals surface area (Å²) in [6, 6.07) is 0. The molecule has 0 amide bonds. The molecule has 1 aliphatic heterocycles. The highest BCUT2D eigenvalue weighted by Crippen LogP contribution is 2.72. The smallest absolute Gasteiger partial charge is 0.192 e. The predicted octanol–water partition coefficient (Wildman–Crippen LogP) is 4.16. The summed E-state index contributed by atoms with van der Waals surface area (Å²) in [4.78, 5) is 32.1. The number of hydrogen-bond donors (Lipinski definition) is 2. The fraction of sp³-hybridized carbons (Fsp3) is 0.613. The van der Waals surface area contributed by atoms with Crippen LogP contribution in [0.15, 0.2) is 59.8 Å². The first-order chi connectivity index (χ1) is 18.3. The molecule has 0 unspecified atom stereocenters. The number of hydrogen-bond acceptors (Lipinski definition) is 6. The van der Waals surface area contributed by atoms with Gasteiger partial charge in [-0.05, 0) is 63.7 Å². The third-order valence-corrected chi connectivity index (χ3v) is 10.6. The Kier molecular flexibility index (Phi) is 6.81. The molecule has 9 atom stereocenters. The molecule has 1 heterocycles. The number of allylic oxidation sites excluding steroid dienone is 8. The quantitative estimate of drug-likeness (QED) is 0.490. The van der Waals surface area contributed by atoms with Crippen molar-refractivity contribution in [2.45, 2.75) is 70.5 Å². The van der Waals surface area contributed by atoms with Gasteiger partial charge in [0.15, 0.2) is 22.8 Å². The lowest BCUT2D eigenvalue weighted by atomic mass is 9.44. The molecule has 8 heteroatoms. The highest BCUT2D eigenvalue weighted by molar-refractivity contribution is 6.01. The van der Waals surface area contributed by atoms with Gasteiger partial charge in [-0.3, -0.25) is 14.4 Å². The summed E-state index contributed by atoms with van der Waals surface area (Å²) in [7, 11) is 0. The largest absolute Gasteiger partial charge is 0.390 e. The first-order valence-corrected chi connectivity index (χ1v) is 13.8. The van der Waals surface area contributed by atoms with Gasteiger partial charge in [0.05, 0.1) is 6.10 Å². The first kappa shape index (κ1) is 28.3. The standard InChI is InChI=1S/C31H39F2NO5/c1-6-18(2)7-8-19(3)15-34-16-20-11-22-23-13-25(32)24-12-21(36)9-10-28(24,4)30(23,33)26(37)14-29(22,5)31(20,39-34)27(38)17-35/h6-10,12,20,22-23,25-26,35,37H,1,11,13-17H2,2-5H3/b18-7-,19-8+/t20-,22-,23-,25-,26-,28-,29-,30-,31-/m0/s1. The number of hydroxylamine groups is 2. The lowest BCUT2D eigenvalue weighted by Crippen LogP contribution is -2.70. The Bertz CT molecular complexity index is 1220. The summed E-state index contributed by atoms with van der Waals surface area (Å²) < 4.78 is 33.1. The topological polar surface area (TPSA) is 87.1 Å². The molecular formula is C31H39F2NO5. The molecule has 5 aliphatic rings. The van der Waals surface area contributed by atoms with E-state index in [4.69, 9.17) is 4.84 Å². The second kappa shape index (κ2) is 9.40. The zero-order chi connectivity index (χ0) is 28.5. The van der Waals surface area contributed by atoms with Crippen LogP contribution in [-0.2, 0) is 14.4 Å². The number of carbonyl (C=O) groups excluding carboxylic acids is 2. The average Bonchev–Trinajstić information content (AvgIpc) is 3.37. The third-order valence-electron chi connectivity index (χ3n) is 10.6. The average molecular weight is 544 g/mol. The van der Waals surface area contributed by atoms with E-state index in [0.717, 1.165) is 11.1 Å². The van der Waals surface area contributed by atoms with Gasteiger partial charge < -0.3 is 10.2 Å². The van der Waals surface area contributed by atoms with Gasteiger partial charge >= 0.3 is 0 Å². The zero-order valence-electron chi connectivity index (χ0n) is 23.1. The molecule has 1 saturated heterocycles. The molecule has 2 N–H and O–H groups in total. The van der Waals surface area contributed by atoms with Crippen LogP contribution in [0.1, 0.15) is 47.0 Å². The van der Waals surface area contributed by atoms with Crippen LogP contribution in [0.4, 0.5) is 8.78 Å². The van der Waals surface area contributed by atoms with Crippen molar-refractivity contribution in [2.75, 3.05) is 19.7 Å². The molecule has 0 radical (unpaired) electrons. The van der Waals surface area contributed by atoms with Crippen molar-refractivity contribution >= 4 is 11.6 Å². The van der Waals surface area contributed by atoms with Crippen molar-refractivity contribution in [3.63, 3.8) is 0 Å². The molecule has 212 valence electrons. The maximum absolute atomic E-state index is 17.4. The van der Waals surface area contributed by atoms with Crippen LogP contribution >= 0.6 is 0 Å². The summed E-state index contributed by atoms with van der Waals surface area (Å²) in [5, 5.41) is 23.4. The van der Waals surface area contributed by atoms with Gasteiger partial charge in [-0.15, -0.1) is 0 Å². The molecule has 0 spiro atoms. The summed E-state index contributed by atoms with van der Waals surface area (Å²) in [6.45, 7) is 11.1. The van der Waals surface area contributed by atoms with Gasteiger partial charge in [-0.25, -0.2) is 8.78 Å². The number of Topliss-reactive ketones (excluding diaryl/α,β-unsaturated/α-hetero) is 1. The number of alkyl halides is 2. The molecule has 0 bridgehead atoms. The normalized spacial score (nSPS) is 45.8. The molecule has 5 rings (SSSR count). The Morgan fingerprint density at radius 2 is 1.97 bits per heavy atom. The van der Waals surface area contributed by atoms with E-state index in [-0.39, 0.29) is 24.3 Å². The minimum atomic E-state index is -2.22. The number of nitrogens with zero attached hydrogens (tertiary/aromatic N) is 1. The number of halogens is 2. The lowest BCUT2D eigenvalue weighted by molar-refractivity contribution is -0.265. The molecule has 39 heavy (non-hydrogen) atoms. The van der Waals surface area contributed by atoms with Crippen LogP contribution < -0.4 is 0 Å². The lowest BCUT2D eigenvalue weighted by Gasteiger charge is -2.63. The Balaban J connectivity index is 1.52. The summed E-state index contributed by atoms with van der Waals surface area (Å²) in [5.74, 6) is -2.61. The number of rotatable bonds is 6. The molecule has 4 aliphatic carbocycles. The van der Waals surface area contributed by atoms with E-state index in [0.29, 0.717) is 19.5 Å². The van der Waals surface area contributed by atoms with Crippen LogP contribution in [0.5, 0.6) is 0 Å². The summed E-state index contributed by atoms with van der Waals surface area (Å²) in [5.41, 5.74) is -4.13. The van der Waals surface area contributed by atoms with E-state index < -0.39 is 64.4 Å². The van der Waals surface area contributed by atoms with Crippen molar-refractivity contribution in [2.24, 2.45) is 28.6 Å². The Labute approximate surface area is 228 Å². The van der Waals surface area contributed by atoms with E-state index in [1.54, 1.807) is 18.1 Å². The minimum absolute atomic E-state index is 0.0705. The van der Waals surface area contributed by atoms with Crippen LogP contribution in [0.25, 0.3) is 0 Å². The fourth-order valence-electron chi connectivity index (χ4n) is 8.71. The molecule has 6 nitrogen and oxygen atoms in total. The number of ketones is 2. The maximum atomic E-state index is 17.4. The first-order valence-electron chi connectivity index (χ1n) is 13.8. The minimum Gasteiger partial charge on any atom is -0.390 e. The maximum Gasteiger partial charge on any atom is 0.192 e. The van der Waals surface area contributed by atoms with Crippen LogP contribution in [0, 0.1) is 28.6 Å². The molecule has 0 aromatic carbocycles. The summed E-state index contributed by atoms with van der Waals surface area (Å²) in [6.07, 6.45) is 6.55. The van der Waals surface area contributed by atoms with Crippen molar-refractivity contribution < 1.29 is 33.4 Å². The van der Waals surface area contributed by atoms with Gasteiger partial charge in [0.2, 0.25) is 0 Å². The summed E-state index contributed by atoms with van der Waals surface area (Å²) >= 11 is 0. The van der Waals surface area contributed by atoms with Crippen LogP contribution in [0.3, 0.4) is 0 Å². The molecule has 3 saturated carbocycles. The van der Waals surface area contributed by atoms with Gasteiger partial charge in [0, 0.05) is 35.8 Å². The van der Waals surface area contributed by atoms with E-state index in [2.05, 4.69) is 6.58 Å². The van der Waals surface area contributed by atoms with Crippen LogP contribution in [-0.4, -0.2) is 70.1 Å². The number of aliphatic hydroxyl groups excluding tert-OH is 2. The van der Waals surface area contributed by atoms with E-state index in [9.17, 15) is 19.8 Å². The van der Waals surface area contributed by atoms with Gasteiger partial charge in [0.25, 0.3) is 0 Å². The second-order valence-corrected chi connectivity index (χ2v) is 12.7. The van der Waals surface area contributed by atoms with Gasteiger partial charge in [-0.2, -0.15) is 5.06 Å². The molecule has 0 aromatic heterocycles. The van der Waals surface area contributed by atoms with Gasteiger partial charge in [0.1, 0.15) is 12.8 Å². The van der Waals surface area contributed by atoms with Crippen molar-refractivity contribution in [3.8, 4) is 0 Å². The van der Waals surface area contributed by atoms with E-state index in [1.807, 2.05) is 32.9 Å². The SMILES string of the molecule is C=C/C(C)=C\C=C(/C)CN1C[C@@H]2C[C@H]3[C@@H]4C[C@H](F)C5=CC(=O)C=C[C@]5(C)[C@@]4(F)[C@@H](O)C[C@]3(C)[C@]2(C(=O)CO)O1. The number of fused-ring (bicyclic) bond motifs is 7. The van der Waals surface area contributed by atoms with Crippen molar-refractivity contribution in [1.29, 1.82) is 0 Å². The molecule has 4 fully saturated rings. The fourth-order valence-corrected chi connectivity index (χ4v) is 8.71. The third kappa shape index (κ3) is 3.71. The monoisotopic (exact) mass is 543 g/mol. The Hall–Kier alpha value is -2.26. The predicted molar refractivity (Wildman–Crippen MR) is 143 cm³/mol. The number of aliphatic hydroxyl groups is 2. The highest BCUT2D eigenvalue weighted by Gasteiger charge is 2.79. The highest BCUT2D eigenvalue weighted by atomic mass is 19.1. The Morgan fingerprint density at radius 3 is 2.64 bits per heavy atom.